The molecule has 0 fully saturated rings. The zero-order valence-corrected chi connectivity index (χ0v) is 16.7. The molecular formula is C20H25N3O4S. The standard InChI is InChI=1S/C20H25N3O4S/c1-2-27-19(25)9-12-23(15-16-6-3-10-21-14-16)18(24)8-4-11-22-20(26)17-7-5-13-28-17/h3,5-7,10,13-14H,2,4,8-9,11-12,15H2,1H3,(H,22,26). The Balaban J connectivity index is 1.83. The van der Waals surface area contributed by atoms with Crippen LogP contribution in [0.3, 0.4) is 0 Å². The molecule has 150 valence electrons. The summed E-state index contributed by atoms with van der Waals surface area (Å²) in [5.74, 6) is -0.523. The van der Waals surface area contributed by atoms with Gasteiger partial charge in [-0.2, -0.15) is 0 Å². The van der Waals surface area contributed by atoms with Crippen molar-refractivity contribution in [2.75, 3.05) is 19.7 Å². The Labute approximate surface area is 168 Å². The van der Waals surface area contributed by atoms with Crippen LogP contribution in [0.4, 0.5) is 0 Å². The van der Waals surface area contributed by atoms with E-state index in [0.29, 0.717) is 31.0 Å². The van der Waals surface area contributed by atoms with Gasteiger partial charge in [0.1, 0.15) is 0 Å². The molecule has 0 saturated carbocycles. The highest BCUT2D eigenvalue weighted by atomic mass is 32.1. The van der Waals surface area contributed by atoms with E-state index in [1.807, 2.05) is 23.6 Å². The molecule has 28 heavy (non-hydrogen) atoms. The van der Waals surface area contributed by atoms with Crippen LogP contribution in [0.5, 0.6) is 0 Å². The molecular weight excluding hydrogens is 378 g/mol. The molecule has 0 aliphatic rings. The average molecular weight is 404 g/mol. The van der Waals surface area contributed by atoms with Crippen molar-refractivity contribution in [2.45, 2.75) is 32.7 Å². The van der Waals surface area contributed by atoms with E-state index in [0.717, 1.165) is 5.56 Å². The lowest BCUT2D eigenvalue weighted by Gasteiger charge is -2.22. The summed E-state index contributed by atoms with van der Waals surface area (Å²) in [7, 11) is 0. The van der Waals surface area contributed by atoms with Crippen LogP contribution in [0.15, 0.2) is 42.0 Å². The second-order valence-corrected chi connectivity index (χ2v) is 7.02. The van der Waals surface area contributed by atoms with Crippen molar-refractivity contribution in [1.82, 2.24) is 15.2 Å². The molecule has 0 unspecified atom stereocenters. The molecule has 0 saturated heterocycles. The van der Waals surface area contributed by atoms with Crippen LogP contribution in [0.25, 0.3) is 0 Å². The fourth-order valence-electron chi connectivity index (χ4n) is 2.56. The summed E-state index contributed by atoms with van der Waals surface area (Å²) in [6.45, 7) is 3.16. The van der Waals surface area contributed by atoms with Gasteiger partial charge in [0.25, 0.3) is 5.91 Å². The third-order valence-corrected chi connectivity index (χ3v) is 4.81. The number of nitrogens with zero attached hydrogens (tertiary/aromatic N) is 2. The molecule has 0 aromatic carbocycles. The molecule has 0 atom stereocenters. The number of nitrogens with one attached hydrogen (secondary N) is 1. The molecule has 0 aliphatic carbocycles. The number of esters is 1. The quantitative estimate of drug-likeness (QED) is 0.460. The van der Waals surface area contributed by atoms with Crippen LogP contribution >= 0.6 is 11.3 Å². The smallest absolute Gasteiger partial charge is 0.307 e. The fourth-order valence-corrected chi connectivity index (χ4v) is 3.20. The summed E-state index contributed by atoms with van der Waals surface area (Å²) in [5.41, 5.74) is 0.894. The minimum atomic E-state index is -0.324. The fraction of sp³-hybridized carbons (Fsp3) is 0.400. The SMILES string of the molecule is CCOC(=O)CCN(Cc1cccnc1)C(=O)CCCNC(=O)c1cccs1. The number of hydrogen-bond acceptors (Lipinski definition) is 6. The number of aromatic nitrogens is 1. The van der Waals surface area contributed by atoms with Crippen LogP contribution in [0.1, 0.15) is 41.4 Å². The Morgan fingerprint density at radius 1 is 1.21 bits per heavy atom. The number of thiophene rings is 1. The van der Waals surface area contributed by atoms with E-state index < -0.39 is 0 Å². The van der Waals surface area contributed by atoms with Crippen LogP contribution in [0.2, 0.25) is 0 Å². The van der Waals surface area contributed by atoms with Crippen molar-refractivity contribution in [3.8, 4) is 0 Å². The monoisotopic (exact) mass is 403 g/mol. The minimum absolute atomic E-state index is 0.0708. The first-order valence-corrected chi connectivity index (χ1v) is 10.1. The van der Waals surface area contributed by atoms with E-state index >= 15 is 0 Å². The summed E-state index contributed by atoms with van der Waals surface area (Å²) >= 11 is 1.38. The average Bonchev–Trinajstić information content (AvgIpc) is 3.24. The minimum Gasteiger partial charge on any atom is -0.466 e. The Morgan fingerprint density at radius 3 is 2.75 bits per heavy atom. The largest absolute Gasteiger partial charge is 0.466 e. The molecule has 0 aliphatic heterocycles. The maximum absolute atomic E-state index is 12.6. The van der Waals surface area contributed by atoms with Crippen LogP contribution in [-0.2, 0) is 20.9 Å². The van der Waals surface area contributed by atoms with E-state index in [2.05, 4.69) is 10.3 Å². The number of carbonyl (C=O) groups excluding carboxylic acids is 3. The normalized spacial score (nSPS) is 10.3. The van der Waals surface area contributed by atoms with E-state index in [-0.39, 0.29) is 37.2 Å². The molecule has 2 aromatic heterocycles. The van der Waals surface area contributed by atoms with Gasteiger partial charge < -0.3 is 15.0 Å². The topological polar surface area (TPSA) is 88.6 Å². The molecule has 1 N–H and O–H groups in total. The lowest BCUT2D eigenvalue weighted by Crippen LogP contribution is -2.33. The maximum atomic E-state index is 12.6. The highest BCUT2D eigenvalue weighted by Crippen LogP contribution is 2.09. The van der Waals surface area contributed by atoms with Gasteiger partial charge in [0.05, 0.1) is 17.9 Å². The highest BCUT2D eigenvalue weighted by Gasteiger charge is 2.16. The summed E-state index contributed by atoms with van der Waals surface area (Å²) in [6.07, 6.45) is 4.33. The van der Waals surface area contributed by atoms with Gasteiger partial charge in [-0.15, -0.1) is 11.3 Å². The van der Waals surface area contributed by atoms with E-state index in [1.165, 1.54) is 11.3 Å². The first-order valence-electron chi connectivity index (χ1n) is 9.24. The van der Waals surface area contributed by atoms with Gasteiger partial charge in [-0.05, 0) is 36.4 Å². The third-order valence-electron chi connectivity index (χ3n) is 3.94. The molecule has 0 spiro atoms. The van der Waals surface area contributed by atoms with Gasteiger partial charge >= 0.3 is 5.97 Å². The summed E-state index contributed by atoms with van der Waals surface area (Å²) in [4.78, 5) is 42.5. The summed E-state index contributed by atoms with van der Waals surface area (Å²) in [5, 5.41) is 4.66. The lowest BCUT2D eigenvalue weighted by molar-refractivity contribution is -0.144. The first-order chi connectivity index (χ1) is 13.6. The molecule has 2 heterocycles. The molecule has 8 heteroatoms. The van der Waals surface area contributed by atoms with Gasteiger partial charge in [0.2, 0.25) is 5.91 Å². The number of amides is 2. The second-order valence-electron chi connectivity index (χ2n) is 6.07. The second kappa shape index (κ2) is 11.9. The van der Waals surface area contributed by atoms with Crippen LogP contribution < -0.4 is 5.32 Å². The molecule has 2 rings (SSSR count). The van der Waals surface area contributed by atoms with Crippen LogP contribution in [-0.4, -0.2) is 47.4 Å². The van der Waals surface area contributed by atoms with Crippen molar-refractivity contribution in [1.29, 1.82) is 0 Å². The highest BCUT2D eigenvalue weighted by molar-refractivity contribution is 7.12. The zero-order chi connectivity index (χ0) is 20.2. The van der Waals surface area contributed by atoms with Gasteiger partial charge in [0.15, 0.2) is 0 Å². The molecule has 7 nitrogen and oxygen atoms in total. The lowest BCUT2D eigenvalue weighted by atomic mass is 10.2. The van der Waals surface area contributed by atoms with E-state index in [1.54, 1.807) is 30.3 Å². The molecule has 2 aromatic rings. The Morgan fingerprint density at radius 2 is 2.07 bits per heavy atom. The number of pyridine rings is 1. The Kier molecular flexibility index (Phi) is 9.14. The van der Waals surface area contributed by atoms with E-state index in [9.17, 15) is 14.4 Å². The van der Waals surface area contributed by atoms with Crippen molar-refractivity contribution in [3.05, 3.63) is 52.5 Å². The zero-order valence-electron chi connectivity index (χ0n) is 15.9. The predicted octanol–water partition coefficient (Wildman–Crippen LogP) is 2.64. The van der Waals surface area contributed by atoms with Gasteiger partial charge in [0, 0.05) is 38.4 Å². The third kappa shape index (κ3) is 7.48. The number of hydrogen-bond donors (Lipinski definition) is 1. The molecule has 2 amide bonds. The molecule has 0 radical (unpaired) electrons. The number of ether oxygens (including phenoxy) is 1. The van der Waals surface area contributed by atoms with Crippen molar-refractivity contribution in [2.24, 2.45) is 0 Å². The van der Waals surface area contributed by atoms with Gasteiger partial charge in [-0.3, -0.25) is 19.4 Å². The first kappa shape index (κ1) is 21.6. The number of carbonyl (C=O) groups is 3. The summed E-state index contributed by atoms with van der Waals surface area (Å²) < 4.78 is 4.95. The van der Waals surface area contributed by atoms with E-state index in [4.69, 9.17) is 4.74 Å². The predicted molar refractivity (Wildman–Crippen MR) is 107 cm³/mol. The molecule has 0 bridgehead atoms. The van der Waals surface area contributed by atoms with Crippen molar-refractivity contribution < 1.29 is 19.1 Å². The Hall–Kier alpha value is -2.74. The van der Waals surface area contributed by atoms with Crippen molar-refractivity contribution >= 4 is 29.1 Å². The Bertz CT molecular complexity index is 750. The number of rotatable bonds is 11. The van der Waals surface area contributed by atoms with Crippen LogP contribution in [0, 0.1) is 0 Å². The maximum Gasteiger partial charge on any atom is 0.307 e. The van der Waals surface area contributed by atoms with Crippen molar-refractivity contribution in [3.63, 3.8) is 0 Å². The van der Waals surface area contributed by atoms with Gasteiger partial charge in [-0.25, -0.2) is 0 Å². The summed E-state index contributed by atoms with van der Waals surface area (Å²) in [6, 6.07) is 7.28. The van der Waals surface area contributed by atoms with Gasteiger partial charge in [-0.1, -0.05) is 12.1 Å².